The molecular weight excluding hydrogens is 428 g/mol. The van der Waals surface area contributed by atoms with Crippen LogP contribution in [0, 0.1) is 6.92 Å². The van der Waals surface area contributed by atoms with Gasteiger partial charge in [0, 0.05) is 11.3 Å². The van der Waals surface area contributed by atoms with Gasteiger partial charge in [0.1, 0.15) is 0 Å². The lowest BCUT2D eigenvalue weighted by Gasteiger charge is -2.07. The Balaban J connectivity index is 0.000000208. The molecule has 0 amide bonds. The van der Waals surface area contributed by atoms with Crippen molar-refractivity contribution in [1.29, 1.82) is 0 Å². The summed E-state index contributed by atoms with van der Waals surface area (Å²) in [6.45, 7) is 3.28. The van der Waals surface area contributed by atoms with Gasteiger partial charge < -0.3 is 5.73 Å². The van der Waals surface area contributed by atoms with Crippen molar-refractivity contribution in [2.45, 2.75) is 13.8 Å². The number of nitrogen functional groups attached to an aromatic ring is 1. The summed E-state index contributed by atoms with van der Waals surface area (Å²) in [5.74, 6) is 0.103. The number of benzene rings is 2. The number of ketones is 1. The Bertz CT molecular complexity index is 932. The number of nitrogens with zero attached hydrogens (tertiary/aromatic N) is 2. The zero-order chi connectivity index (χ0) is 20.1. The number of carbonyl (C=O) groups excluding carboxylic acids is 1. The summed E-state index contributed by atoms with van der Waals surface area (Å²) in [4.78, 5) is 19.0. The number of anilines is 1. The minimum atomic E-state index is -0.111. The third-order valence-electron chi connectivity index (χ3n) is 3.41. The highest BCUT2D eigenvalue weighted by atomic mass is 35.5. The fourth-order valence-corrected chi connectivity index (χ4v) is 3.55. The van der Waals surface area contributed by atoms with Crippen molar-refractivity contribution in [2.24, 2.45) is 0 Å². The quantitative estimate of drug-likeness (QED) is 0.457. The number of hydrogen-bond acceptors (Lipinski definition) is 4. The molecule has 3 rings (SSSR count). The molecule has 0 unspecified atom stereocenters. The Morgan fingerprint density at radius 3 is 1.78 bits per heavy atom. The molecule has 2 aromatic carbocycles. The van der Waals surface area contributed by atoms with E-state index >= 15 is 0 Å². The number of carbonyl (C=O) groups is 1. The van der Waals surface area contributed by atoms with Crippen molar-refractivity contribution in [1.82, 2.24) is 9.97 Å². The van der Waals surface area contributed by atoms with Gasteiger partial charge in [-0.3, -0.25) is 4.79 Å². The van der Waals surface area contributed by atoms with Gasteiger partial charge in [-0.2, -0.15) is 0 Å². The highest BCUT2D eigenvalue weighted by molar-refractivity contribution is 6.40. The maximum absolute atomic E-state index is 10.9. The lowest BCUT2D eigenvalue weighted by Crippen LogP contribution is -1.98. The van der Waals surface area contributed by atoms with Crippen LogP contribution in [0.1, 0.15) is 23.0 Å². The fourth-order valence-electron chi connectivity index (χ4n) is 2.30. The van der Waals surface area contributed by atoms with Gasteiger partial charge in [-0.05, 0) is 44.2 Å². The summed E-state index contributed by atoms with van der Waals surface area (Å²) in [5.41, 5.74) is 8.09. The van der Waals surface area contributed by atoms with Gasteiger partial charge in [-0.1, -0.05) is 58.5 Å². The van der Waals surface area contributed by atoms with Gasteiger partial charge in [-0.25, -0.2) is 9.97 Å². The zero-order valence-corrected chi connectivity index (χ0v) is 17.5. The summed E-state index contributed by atoms with van der Waals surface area (Å²) < 4.78 is 0. The lowest BCUT2D eigenvalue weighted by molar-refractivity contribution is 0.101. The van der Waals surface area contributed by atoms with Crippen molar-refractivity contribution in [3.05, 3.63) is 73.8 Å². The van der Waals surface area contributed by atoms with Crippen LogP contribution in [-0.2, 0) is 0 Å². The Morgan fingerprint density at radius 1 is 0.889 bits per heavy atom. The topological polar surface area (TPSA) is 68.9 Å². The molecular formula is C19H15Cl4N3O. The van der Waals surface area contributed by atoms with Gasteiger partial charge in [0.05, 0.1) is 31.3 Å². The first kappa shape index (κ1) is 21.5. The zero-order valence-electron chi connectivity index (χ0n) is 14.4. The molecule has 1 heterocycles. The molecule has 0 saturated heterocycles. The molecule has 3 aromatic rings. The maximum atomic E-state index is 10.9. The van der Waals surface area contributed by atoms with Crippen LogP contribution in [0.3, 0.4) is 0 Å². The average Bonchev–Trinajstić information content (AvgIpc) is 2.54. The van der Waals surface area contributed by atoms with E-state index in [-0.39, 0.29) is 11.7 Å². The van der Waals surface area contributed by atoms with Gasteiger partial charge in [0.2, 0.25) is 5.95 Å². The van der Waals surface area contributed by atoms with E-state index in [1.807, 2.05) is 6.92 Å². The largest absolute Gasteiger partial charge is 0.368 e. The van der Waals surface area contributed by atoms with Crippen molar-refractivity contribution in [3.8, 4) is 11.3 Å². The normalized spacial score (nSPS) is 10.1. The standard InChI is InChI=1S/C11H9Cl2N3.C8H6Cl2O/c1-6-5-9(16-11(14)15-6)10-7(12)3-2-4-8(10)13;1-5(11)8-6(9)3-2-4-7(8)10/h2-5H,1H3,(H2,14,15,16);2-4H,1H3. The molecule has 2 N–H and O–H groups in total. The van der Waals surface area contributed by atoms with Crippen LogP contribution in [-0.4, -0.2) is 15.8 Å². The summed E-state index contributed by atoms with van der Waals surface area (Å²) in [6, 6.07) is 12.1. The molecule has 0 spiro atoms. The average molecular weight is 443 g/mol. The highest BCUT2D eigenvalue weighted by Gasteiger charge is 2.11. The summed E-state index contributed by atoms with van der Waals surface area (Å²) >= 11 is 23.6. The first-order valence-corrected chi connectivity index (χ1v) is 9.22. The second-order valence-corrected chi connectivity index (χ2v) is 7.13. The van der Waals surface area contributed by atoms with Crippen LogP contribution in [0.4, 0.5) is 5.95 Å². The third-order valence-corrected chi connectivity index (χ3v) is 4.67. The lowest BCUT2D eigenvalue weighted by atomic mass is 10.1. The Morgan fingerprint density at radius 2 is 1.37 bits per heavy atom. The smallest absolute Gasteiger partial charge is 0.220 e. The van der Waals surface area contributed by atoms with E-state index < -0.39 is 0 Å². The number of aryl methyl sites for hydroxylation is 1. The Hall–Kier alpha value is -1.85. The van der Waals surface area contributed by atoms with E-state index in [1.54, 1.807) is 42.5 Å². The number of Topliss-reactive ketones (excluding diaryl/α,β-unsaturated/α-hetero) is 1. The second-order valence-electron chi connectivity index (χ2n) is 5.50. The first-order chi connectivity index (χ1) is 12.7. The number of aromatic nitrogens is 2. The molecule has 0 radical (unpaired) electrons. The molecule has 4 nitrogen and oxygen atoms in total. The predicted octanol–water partition coefficient (Wildman–Crippen LogP) is 6.54. The van der Waals surface area contributed by atoms with E-state index in [0.717, 1.165) is 5.69 Å². The molecule has 1 aromatic heterocycles. The molecule has 140 valence electrons. The fraction of sp³-hybridized carbons (Fsp3) is 0.105. The van der Waals surface area contributed by atoms with E-state index in [4.69, 9.17) is 52.1 Å². The summed E-state index contributed by atoms with van der Waals surface area (Å²) in [5, 5.41) is 1.91. The van der Waals surface area contributed by atoms with Gasteiger partial charge >= 0.3 is 0 Å². The number of rotatable bonds is 2. The summed E-state index contributed by atoms with van der Waals surface area (Å²) in [6.07, 6.45) is 0. The minimum absolute atomic E-state index is 0.111. The molecule has 27 heavy (non-hydrogen) atoms. The van der Waals surface area contributed by atoms with Crippen LogP contribution in [0.15, 0.2) is 42.5 Å². The van der Waals surface area contributed by atoms with E-state index in [9.17, 15) is 4.79 Å². The van der Waals surface area contributed by atoms with Crippen molar-refractivity contribution < 1.29 is 4.79 Å². The van der Waals surface area contributed by atoms with Crippen LogP contribution in [0.25, 0.3) is 11.3 Å². The van der Waals surface area contributed by atoms with Gasteiger partial charge in [0.15, 0.2) is 5.78 Å². The molecule has 0 atom stereocenters. The van der Waals surface area contributed by atoms with Crippen LogP contribution in [0.5, 0.6) is 0 Å². The Labute approximate surface area is 177 Å². The van der Waals surface area contributed by atoms with E-state index in [0.29, 0.717) is 36.9 Å². The molecule has 0 bridgehead atoms. The molecule has 0 aliphatic carbocycles. The minimum Gasteiger partial charge on any atom is -0.368 e. The first-order valence-electron chi connectivity index (χ1n) is 7.71. The van der Waals surface area contributed by atoms with Crippen LogP contribution in [0.2, 0.25) is 20.1 Å². The van der Waals surface area contributed by atoms with Gasteiger partial charge in [0.25, 0.3) is 0 Å². The monoisotopic (exact) mass is 441 g/mol. The van der Waals surface area contributed by atoms with Crippen molar-refractivity contribution >= 4 is 58.1 Å². The molecule has 0 saturated carbocycles. The second kappa shape index (κ2) is 9.38. The van der Waals surface area contributed by atoms with E-state index in [1.165, 1.54) is 6.92 Å². The Kier molecular flexibility index (Phi) is 7.45. The maximum Gasteiger partial charge on any atom is 0.220 e. The molecule has 0 aliphatic heterocycles. The van der Waals surface area contributed by atoms with Crippen LogP contribution < -0.4 is 5.73 Å². The highest BCUT2D eigenvalue weighted by Crippen LogP contribution is 2.33. The van der Waals surface area contributed by atoms with Crippen molar-refractivity contribution in [3.63, 3.8) is 0 Å². The third kappa shape index (κ3) is 5.56. The van der Waals surface area contributed by atoms with Gasteiger partial charge in [-0.15, -0.1) is 0 Å². The SMILES string of the molecule is CC(=O)c1c(Cl)cccc1Cl.Cc1cc(-c2c(Cl)cccc2Cl)nc(N)n1. The number of hydrogen-bond donors (Lipinski definition) is 1. The molecule has 0 aliphatic rings. The molecule has 8 heteroatoms. The number of halogens is 4. The van der Waals surface area contributed by atoms with E-state index in [2.05, 4.69) is 9.97 Å². The van der Waals surface area contributed by atoms with Crippen molar-refractivity contribution in [2.75, 3.05) is 5.73 Å². The predicted molar refractivity (Wildman–Crippen MR) is 113 cm³/mol. The summed E-state index contributed by atoms with van der Waals surface area (Å²) in [7, 11) is 0. The molecule has 0 fully saturated rings. The number of nitrogens with two attached hydrogens (primary N) is 1. The van der Waals surface area contributed by atoms with Crippen LogP contribution >= 0.6 is 46.4 Å².